The molecule has 1 aliphatic rings. The Kier molecular flexibility index (Phi) is 4.52. The van der Waals surface area contributed by atoms with E-state index in [0.29, 0.717) is 31.7 Å². The second kappa shape index (κ2) is 6.33. The number of hydrogen-bond donors (Lipinski definition) is 2. The Labute approximate surface area is 117 Å². The fraction of sp³-hybridized carbons (Fsp3) is 0.462. The molecule has 7 nitrogen and oxygen atoms in total. The van der Waals surface area contributed by atoms with Crippen LogP contribution in [0.1, 0.15) is 12.0 Å². The fourth-order valence-corrected chi connectivity index (χ4v) is 2.27. The van der Waals surface area contributed by atoms with E-state index in [-0.39, 0.29) is 16.5 Å². The van der Waals surface area contributed by atoms with Gasteiger partial charge in [-0.05, 0) is 11.6 Å². The number of benzene rings is 1. The van der Waals surface area contributed by atoms with E-state index in [1.165, 1.54) is 0 Å². The van der Waals surface area contributed by atoms with E-state index < -0.39 is 0 Å². The first-order valence-electron chi connectivity index (χ1n) is 6.54. The number of nitro groups is 1. The summed E-state index contributed by atoms with van der Waals surface area (Å²) in [7, 11) is 1.66. The summed E-state index contributed by atoms with van der Waals surface area (Å²) in [6.45, 7) is 2.66. The Balaban J connectivity index is 2.11. The summed E-state index contributed by atoms with van der Waals surface area (Å²) >= 11 is 0. The third-order valence-electron chi connectivity index (χ3n) is 3.34. The zero-order valence-electron chi connectivity index (χ0n) is 11.4. The molecule has 0 bridgehead atoms. The lowest BCUT2D eigenvalue weighted by atomic mass is 10.1. The zero-order chi connectivity index (χ0) is 14.5. The van der Waals surface area contributed by atoms with Gasteiger partial charge in [-0.2, -0.15) is 0 Å². The monoisotopic (exact) mass is 278 g/mol. The highest BCUT2D eigenvalue weighted by Crippen LogP contribution is 2.25. The number of carbonyl (C=O) groups excluding carboxylic acids is 1. The molecule has 0 atom stereocenters. The SMILES string of the molecule is CNc1ccc(CN2CCNC(=O)CC2)cc1[N+](=O)[O-]. The number of amides is 1. The molecule has 1 aliphatic heterocycles. The van der Waals surface area contributed by atoms with Gasteiger partial charge in [0.2, 0.25) is 5.91 Å². The smallest absolute Gasteiger partial charge is 0.292 e. The molecule has 0 aliphatic carbocycles. The number of hydrogen-bond acceptors (Lipinski definition) is 5. The molecule has 1 aromatic carbocycles. The maximum absolute atomic E-state index is 11.3. The van der Waals surface area contributed by atoms with Crippen LogP contribution >= 0.6 is 0 Å². The van der Waals surface area contributed by atoms with Crippen molar-refractivity contribution in [3.63, 3.8) is 0 Å². The van der Waals surface area contributed by atoms with Gasteiger partial charge in [-0.15, -0.1) is 0 Å². The number of carbonyl (C=O) groups is 1. The van der Waals surface area contributed by atoms with Crippen molar-refractivity contribution >= 4 is 17.3 Å². The van der Waals surface area contributed by atoms with Crippen molar-refractivity contribution in [3.8, 4) is 0 Å². The third kappa shape index (κ3) is 3.45. The van der Waals surface area contributed by atoms with Crippen LogP contribution in [0.3, 0.4) is 0 Å². The van der Waals surface area contributed by atoms with Crippen LogP contribution in [0.4, 0.5) is 11.4 Å². The standard InChI is InChI=1S/C13H18N4O3/c1-14-11-3-2-10(8-12(11)17(19)20)9-16-6-4-13(18)15-5-7-16/h2-3,8,14H,4-7,9H2,1H3,(H,15,18). The van der Waals surface area contributed by atoms with Crippen molar-refractivity contribution in [2.75, 3.05) is 32.0 Å². The van der Waals surface area contributed by atoms with Crippen molar-refractivity contribution < 1.29 is 9.72 Å². The maximum Gasteiger partial charge on any atom is 0.292 e. The molecule has 2 rings (SSSR count). The average Bonchev–Trinajstić information content (AvgIpc) is 2.63. The summed E-state index contributed by atoms with van der Waals surface area (Å²) < 4.78 is 0. The Morgan fingerprint density at radius 2 is 2.25 bits per heavy atom. The first-order chi connectivity index (χ1) is 9.60. The Hall–Kier alpha value is -2.15. The molecule has 108 valence electrons. The molecule has 0 aromatic heterocycles. The molecule has 2 N–H and O–H groups in total. The average molecular weight is 278 g/mol. The molecule has 1 fully saturated rings. The number of rotatable bonds is 4. The molecule has 0 unspecified atom stereocenters. The van der Waals surface area contributed by atoms with Crippen LogP contribution in [0.15, 0.2) is 18.2 Å². The minimum atomic E-state index is -0.386. The lowest BCUT2D eigenvalue weighted by Gasteiger charge is -2.19. The van der Waals surface area contributed by atoms with Gasteiger partial charge in [-0.25, -0.2) is 0 Å². The van der Waals surface area contributed by atoms with Gasteiger partial charge in [0, 0.05) is 45.7 Å². The lowest BCUT2D eigenvalue weighted by Crippen LogP contribution is -2.28. The topological polar surface area (TPSA) is 87.5 Å². The summed E-state index contributed by atoms with van der Waals surface area (Å²) in [5, 5.41) is 16.6. The van der Waals surface area contributed by atoms with Gasteiger partial charge < -0.3 is 10.6 Å². The number of nitrogens with zero attached hydrogens (tertiary/aromatic N) is 2. The van der Waals surface area contributed by atoms with Gasteiger partial charge in [0.1, 0.15) is 5.69 Å². The highest BCUT2D eigenvalue weighted by Gasteiger charge is 2.17. The molecule has 1 heterocycles. The van der Waals surface area contributed by atoms with Crippen LogP contribution in [0.5, 0.6) is 0 Å². The molecule has 7 heteroatoms. The predicted octanol–water partition coefficient (Wildman–Crippen LogP) is 0.958. The van der Waals surface area contributed by atoms with Crippen molar-refractivity contribution in [2.45, 2.75) is 13.0 Å². The van der Waals surface area contributed by atoms with Crippen molar-refractivity contribution in [1.82, 2.24) is 10.2 Å². The van der Waals surface area contributed by atoms with Crippen LogP contribution in [0.25, 0.3) is 0 Å². The van der Waals surface area contributed by atoms with E-state index in [1.807, 2.05) is 6.07 Å². The zero-order valence-corrected chi connectivity index (χ0v) is 11.4. The van der Waals surface area contributed by atoms with Crippen LogP contribution in [-0.2, 0) is 11.3 Å². The molecule has 1 saturated heterocycles. The second-order valence-corrected chi connectivity index (χ2v) is 4.73. The minimum Gasteiger partial charge on any atom is -0.383 e. The van der Waals surface area contributed by atoms with Gasteiger partial charge in [0.25, 0.3) is 5.69 Å². The van der Waals surface area contributed by atoms with Gasteiger partial charge in [-0.1, -0.05) is 6.07 Å². The quantitative estimate of drug-likeness (QED) is 0.632. The molecule has 0 spiro atoms. The minimum absolute atomic E-state index is 0.0593. The summed E-state index contributed by atoms with van der Waals surface area (Å²) in [5.74, 6) is 0.0593. The summed E-state index contributed by atoms with van der Waals surface area (Å²) in [6.07, 6.45) is 0.469. The molecule has 1 amide bonds. The summed E-state index contributed by atoms with van der Waals surface area (Å²) in [5.41, 5.74) is 1.46. The van der Waals surface area contributed by atoms with E-state index in [9.17, 15) is 14.9 Å². The first kappa shape index (κ1) is 14.3. The van der Waals surface area contributed by atoms with Gasteiger partial charge in [0.15, 0.2) is 0 Å². The number of anilines is 1. The molecular weight excluding hydrogens is 260 g/mol. The van der Waals surface area contributed by atoms with Crippen LogP contribution < -0.4 is 10.6 Å². The molecular formula is C13H18N4O3. The van der Waals surface area contributed by atoms with Crippen LogP contribution in [0.2, 0.25) is 0 Å². The van der Waals surface area contributed by atoms with Crippen molar-refractivity contribution in [1.29, 1.82) is 0 Å². The maximum atomic E-state index is 11.3. The van der Waals surface area contributed by atoms with Gasteiger partial charge in [-0.3, -0.25) is 19.8 Å². The predicted molar refractivity (Wildman–Crippen MR) is 75.5 cm³/mol. The second-order valence-electron chi connectivity index (χ2n) is 4.73. The normalized spacial score (nSPS) is 16.4. The molecule has 20 heavy (non-hydrogen) atoms. The van der Waals surface area contributed by atoms with Gasteiger partial charge >= 0.3 is 0 Å². The fourth-order valence-electron chi connectivity index (χ4n) is 2.27. The Bertz CT molecular complexity index is 518. The van der Waals surface area contributed by atoms with E-state index >= 15 is 0 Å². The first-order valence-corrected chi connectivity index (χ1v) is 6.54. The van der Waals surface area contributed by atoms with Gasteiger partial charge in [0.05, 0.1) is 4.92 Å². The highest BCUT2D eigenvalue weighted by molar-refractivity contribution is 5.76. The summed E-state index contributed by atoms with van der Waals surface area (Å²) in [6, 6.07) is 5.18. The Morgan fingerprint density at radius 3 is 2.95 bits per heavy atom. The number of nitro benzene ring substituents is 1. The van der Waals surface area contributed by atoms with E-state index in [2.05, 4.69) is 15.5 Å². The Morgan fingerprint density at radius 1 is 1.45 bits per heavy atom. The highest BCUT2D eigenvalue weighted by atomic mass is 16.6. The van der Waals surface area contributed by atoms with Crippen molar-refractivity contribution in [2.24, 2.45) is 0 Å². The van der Waals surface area contributed by atoms with E-state index in [1.54, 1.807) is 19.2 Å². The largest absolute Gasteiger partial charge is 0.383 e. The third-order valence-corrected chi connectivity index (χ3v) is 3.34. The van der Waals surface area contributed by atoms with Crippen LogP contribution in [-0.4, -0.2) is 42.4 Å². The number of nitrogens with one attached hydrogen (secondary N) is 2. The van der Waals surface area contributed by atoms with Crippen molar-refractivity contribution in [3.05, 3.63) is 33.9 Å². The van der Waals surface area contributed by atoms with E-state index in [4.69, 9.17) is 0 Å². The molecule has 0 saturated carbocycles. The van der Waals surface area contributed by atoms with E-state index in [0.717, 1.165) is 12.1 Å². The summed E-state index contributed by atoms with van der Waals surface area (Å²) in [4.78, 5) is 24.0. The van der Waals surface area contributed by atoms with Crippen LogP contribution in [0, 0.1) is 10.1 Å². The lowest BCUT2D eigenvalue weighted by molar-refractivity contribution is -0.384. The molecule has 0 radical (unpaired) electrons. The molecule has 1 aromatic rings.